The molecule has 0 radical (unpaired) electrons. The number of ether oxygens (including phenoxy) is 1. The second kappa shape index (κ2) is 7.38. The first-order chi connectivity index (χ1) is 8.56. The Kier molecular flexibility index (Phi) is 6.15. The lowest BCUT2D eigenvalue weighted by Crippen LogP contribution is -2.26. The lowest BCUT2D eigenvalue weighted by molar-refractivity contribution is 0.196. The Labute approximate surface area is 112 Å². The van der Waals surface area contributed by atoms with E-state index in [1.165, 1.54) is 0 Å². The molecule has 1 unspecified atom stereocenters. The minimum atomic E-state index is -0.106. The smallest absolute Gasteiger partial charge is 0.293 e. The molecule has 1 heterocycles. The summed E-state index contributed by atoms with van der Waals surface area (Å²) in [5.74, 6) is 0.368. The van der Waals surface area contributed by atoms with E-state index < -0.39 is 0 Å². The van der Waals surface area contributed by atoms with Gasteiger partial charge in [-0.05, 0) is 20.3 Å². The van der Waals surface area contributed by atoms with Crippen LogP contribution in [0.25, 0.3) is 0 Å². The van der Waals surface area contributed by atoms with Crippen molar-refractivity contribution in [2.75, 3.05) is 25.6 Å². The fourth-order valence-electron chi connectivity index (χ4n) is 1.56. The molecular weight excluding hydrogens is 254 g/mol. The number of nitrogens with one attached hydrogen (secondary N) is 1. The third-order valence-corrected chi connectivity index (χ3v) is 2.87. The van der Waals surface area contributed by atoms with Gasteiger partial charge in [-0.1, -0.05) is 0 Å². The summed E-state index contributed by atoms with van der Waals surface area (Å²) in [4.78, 5) is 16.0. The highest BCUT2D eigenvalue weighted by atomic mass is 35.5. The van der Waals surface area contributed by atoms with Crippen molar-refractivity contribution in [3.8, 4) is 0 Å². The zero-order valence-electron chi connectivity index (χ0n) is 11.0. The average molecular weight is 274 g/mol. The van der Waals surface area contributed by atoms with Crippen LogP contribution in [0.2, 0.25) is 0 Å². The molecule has 0 spiro atoms. The summed E-state index contributed by atoms with van der Waals surface area (Å²) in [5, 5.41) is 2.96. The normalized spacial score (nSPS) is 12.7. The summed E-state index contributed by atoms with van der Waals surface area (Å²) < 4.78 is 6.58. The molecule has 0 saturated heterocycles. The van der Waals surface area contributed by atoms with Gasteiger partial charge in [0.05, 0.1) is 12.0 Å². The third-order valence-electron chi connectivity index (χ3n) is 2.52. The molecule has 1 rings (SSSR count). The molecule has 1 atom stereocenters. The summed E-state index contributed by atoms with van der Waals surface area (Å²) in [5.41, 5.74) is -0.106. The first-order valence-electron chi connectivity index (χ1n) is 6.00. The van der Waals surface area contributed by atoms with Crippen molar-refractivity contribution in [2.24, 2.45) is 0 Å². The molecule has 18 heavy (non-hydrogen) atoms. The van der Waals surface area contributed by atoms with E-state index in [4.69, 9.17) is 16.3 Å². The first-order valence-corrected chi connectivity index (χ1v) is 6.44. The van der Waals surface area contributed by atoms with Crippen LogP contribution in [0.4, 0.5) is 5.82 Å². The largest absolute Gasteiger partial charge is 0.383 e. The lowest BCUT2D eigenvalue weighted by atomic mass is 10.3. The Balaban J connectivity index is 2.58. The molecule has 0 aliphatic rings. The van der Waals surface area contributed by atoms with Gasteiger partial charge in [-0.15, -0.1) is 11.6 Å². The number of rotatable bonds is 7. The van der Waals surface area contributed by atoms with Crippen LogP contribution in [-0.2, 0) is 4.74 Å². The van der Waals surface area contributed by atoms with Crippen LogP contribution >= 0.6 is 11.6 Å². The van der Waals surface area contributed by atoms with Gasteiger partial charge in [0, 0.05) is 32.1 Å². The molecule has 0 aliphatic heterocycles. The van der Waals surface area contributed by atoms with Crippen LogP contribution in [0.5, 0.6) is 0 Å². The summed E-state index contributed by atoms with van der Waals surface area (Å²) in [6, 6.07) is 0.121. The molecule has 1 N–H and O–H groups in total. The number of halogens is 1. The number of methoxy groups -OCH3 is 1. The van der Waals surface area contributed by atoms with E-state index >= 15 is 0 Å². The van der Waals surface area contributed by atoms with E-state index in [0.717, 1.165) is 0 Å². The predicted molar refractivity (Wildman–Crippen MR) is 73.5 cm³/mol. The van der Waals surface area contributed by atoms with E-state index in [9.17, 15) is 4.79 Å². The van der Waals surface area contributed by atoms with Crippen LogP contribution in [0.15, 0.2) is 17.2 Å². The standard InChI is InChI=1S/C12H20ClN3O2/c1-9(2)16-7-6-15-11(12(16)17)14-5-4-10(13)8-18-3/h6-7,9-10H,4-5,8H2,1-3H3,(H,14,15). The van der Waals surface area contributed by atoms with Gasteiger partial charge in [0.1, 0.15) is 0 Å². The minimum Gasteiger partial charge on any atom is -0.383 e. The van der Waals surface area contributed by atoms with E-state index in [1.807, 2.05) is 13.8 Å². The molecule has 0 aromatic carbocycles. The van der Waals surface area contributed by atoms with Gasteiger partial charge in [-0.2, -0.15) is 0 Å². The monoisotopic (exact) mass is 273 g/mol. The Morgan fingerprint density at radius 1 is 1.56 bits per heavy atom. The van der Waals surface area contributed by atoms with Crippen molar-refractivity contribution < 1.29 is 4.74 Å². The number of nitrogens with zero attached hydrogens (tertiary/aromatic N) is 2. The quantitative estimate of drug-likeness (QED) is 0.771. The Morgan fingerprint density at radius 3 is 2.89 bits per heavy atom. The minimum absolute atomic E-state index is 0.0569. The number of hydrogen-bond donors (Lipinski definition) is 1. The Morgan fingerprint density at radius 2 is 2.28 bits per heavy atom. The molecule has 5 nitrogen and oxygen atoms in total. The third kappa shape index (κ3) is 4.31. The van der Waals surface area contributed by atoms with Gasteiger partial charge in [0.25, 0.3) is 5.56 Å². The maximum atomic E-state index is 12.0. The summed E-state index contributed by atoms with van der Waals surface area (Å²) >= 11 is 6.00. The van der Waals surface area contributed by atoms with Crippen LogP contribution in [0, 0.1) is 0 Å². The topological polar surface area (TPSA) is 56.1 Å². The van der Waals surface area contributed by atoms with Crippen molar-refractivity contribution in [3.63, 3.8) is 0 Å². The predicted octanol–water partition coefficient (Wildman–Crippen LogP) is 1.88. The maximum Gasteiger partial charge on any atom is 0.293 e. The van der Waals surface area contributed by atoms with Crippen LogP contribution < -0.4 is 10.9 Å². The van der Waals surface area contributed by atoms with Crippen molar-refractivity contribution in [3.05, 3.63) is 22.7 Å². The Bertz CT molecular complexity index is 420. The summed E-state index contributed by atoms with van der Waals surface area (Å²) in [7, 11) is 1.61. The fraction of sp³-hybridized carbons (Fsp3) is 0.667. The van der Waals surface area contributed by atoms with E-state index in [-0.39, 0.29) is 17.0 Å². The van der Waals surface area contributed by atoms with Gasteiger partial charge in [0.15, 0.2) is 5.82 Å². The second-order valence-electron chi connectivity index (χ2n) is 4.35. The van der Waals surface area contributed by atoms with Crippen LogP contribution in [0.3, 0.4) is 0 Å². The SMILES string of the molecule is COCC(Cl)CCNc1nccn(C(C)C)c1=O. The highest BCUT2D eigenvalue weighted by Crippen LogP contribution is 2.04. The molecule has 1 aromatic rings. The fourth-order valence-corrected chi connectivity index (χ4v) is 1.80. The lowest BCUT2D eigenvalue weighted by Gasteiger charge is -2.12. The van der Waals surface area contributed by atoms with E-state index in [1.54, 1.807) is 24.1 Å². The maximum absolute atomic E-state index is 12.0. The average Bonchev–Trinajstić information content (AvgIpc) is 2.31. The van der Waals surface area contributed by atoms with Gasteiger partial charge < -0.3 is 14.6 Å². The number of hydrogen-bond acceptors (Lipinski definition) is 4. The van der Waals surface area contributed by atoms with Gasteiger partial charge in [0.2, 0.25) is 0 Å². The number of aromatic nitrogens is 2. The molecule has 0 saturated carbocycles. The van der Waals surface area contributed by atoms with Crippen LogP contribution in [-0.4, -0.2) is 35.2 Å². The Hall–Kier alpha value is -1.07. The first kappa shape index (κ1) is 15.0. The molecule has 0 bridgehead atoms. The molecule has 0 fully saturated rings. The highest BCUT2D eigenvalue weighted by Gasteiger charge is 2.08. The van der Waals surface area contributed by atoms with Crippen molar-refractivity contribution >= 4 is 17.4 Å². The summed E-state index contributed by atoms with van der Waals surface area (Å²) in [6.07, 6.45) is 4.03. The van der Waals surface area contributed by atoms with Gasteiger partial charge >= 0.3 is 0 Å². The van der Waals surface area contributed by atoms with Crippen molar-refractivity contribution in [1.82, 2.24) is 9.55 Å². The number of anilines is 1. The molecule has 102 valence electrons. The second-order valence-corrected chi connectivity index (χ2v) is 4.97. The van der Waals surface area contributed by atoms with Crippen molar-refractivity contribution in [1.29, 1.82) is 0 Å². The van der Waals surface area contributed by atoms with Crippen molar-refractivity contribution in [2.45, 2.75) is 31.7 Å². The molecule has 0 amide bonds. The van der Waals surface area contributed by atoms with Gasteiger partial charge in [-0.25, -0.2) is 4.98 Å². The zero-order valence-corrected chi connectivity index (χ0v) is 11.8. The summed E-state index contributed by atoms with van der Waals surface area (Å²) in [6.45, 7) is 5.01. The molecular formula is C12H20ClN3O2. The molecule has 1 aromatic heterocycles. The van der Waals surface area contributed by atoms with E-state index in [2.05, 4.69) is 10.3 Å². The number of alkyl halides is 1. The highest BCUT2D eigenvalue weighted by molar-refractivity contribution is 6.20. The van der Waals surface area contributed by atoms with Crippen LogP contribution in [0.1, 0.15) is 26.3 Å². The molecule has 0 aliphatic carbocycles. The molecule has 6 heteroatoms. The van der Waals surface area contributed by atoms with E-state index in [0.29, 0.717) is 25.4 Å². The van der Waals surface area contributed by atoms with Gasteiger partial charge in [-0.3, -0.25) is 4.79 Å². The zero-order chi connectivity index (χ0) is 13.5.